The summed E-state index contributed by atoms with van der Waals surface area (Å²) in [5.74, 6) is -1.87. The molecule has 0 saturated heterocycles. The van der Waals surface area contributed by atoms with E-state index in [0.29, 0.717) is 13.0 Å². The number of halogens is 2. The van der Waals surface area contributed by atoms with Gasteiger partial charge in [-0.15, -0.1) is 0 Å². The summed E-state index contributed by atoms with van der Waals surface area (Å²) in [6, 6.07) is 3.82. The Morgan fingerprint density at radius 3 is 2.74 bits per heavy atom. The van der Waals surface area contributed by atoms with Gasteiger partial charge in [0.15, 0.2) is 0 Å². The minimum absolute atomic E-state index is 0.0358. The minimum atomic E-state index is -0.863. The predicted molar refractivity (Wildman–Crippen MR) is 69.8 cm³/mol. The quantitative estimate of drug-likeness (QED) is 0.845. The first-order chi connectivity index (χ1) is 8.90. The first kappa shape index (κ1) is 15.4. The molecule has 0 aliphatic carbocycles. The van der Waals surface area contributed by atoms with E-state index in [9.17, 15) is 14.0 Å². The van der Waals surface area contributed by atoms with Crippen LogP contribution in [0, 0.1) is 11.7 Å². The van der Waals surface area contributed by atoms with Gasteiger partial charge in [-0.25, -0.2) is 4.39 Å². The molecule has 1 aromatic carbocycles. The van der Waals surface area contributed by atoms with Crippen molar-refractivity contribution >= 4 is 23.5 Å². The Hall–Kier alpha value is -1.62. The highest BCUT2D eigenvalue weighted by atomic mass is 35.5. The number of carboxylic acid groups (broad SMARTS) is 1. The molecule has 2 N–H and O–H groups in total. The molecule has 0 fully saturated rings. The van der Waals surface area contributed by atoms with Crippen molar-refractivity contribution < 1.29 is 19.1 Å². The highest BCUT2D eigenvalue weighted by Gasteiger charge is 2.11. The maximum atomic E-state index is 13.2. The number of carbonyl (C=O) groups is 2. The second kappa shape index (κ2) is 7.09. The number of hydrogen-bond acceptors (Lipinski definition) is 2. The lowest BCUT2D eigenvalue weighted by atomic mass is 10.1. The van der Waals surface area contributed by atoms with Crippen LogP contribution in [0.3, 0.4) is 0 Å². The van der Waals surface area contributed by atoms with Gasteiger partial charge in [0, 0.05) is 18.5 Å². The van der Waals surface area contributed by atoms with Crippen molar-refractivity contribution in [2.75, 3.05) is 6.54 Å². The fraction of sp³-hybridized carbons (Fsp3) is 0.385. The van der Waals surface area contributed by atoms with Gasteiger partial charge in [-0.3, -0.25) is 9.59 Å². The molecule has 6 heteroatoms. The van der Waals surface area contributed by atoms with Crippen LogP contribution in [-0.2, 0) is 4.79 Å². The van der Waals surface area contributed by atoms with Crippen LogP contribution in [-0.4, -0.2) is 23.5 Å². The van der Waals surface area contributed by atoms with Crippen molar-refractivity contribution in [2.24, 2.45) is 5.92 Å². The van der Waals surface area contributed by atoms with Crippen LogP contribution < -0.4 is 5.32 Å². The van der Waals surface area contributed by atoms with Crippen LogP contribution in [0.2, 0.25) is 5.02 Å². The molecule has 1 amide bonds. The predicted octanol–water partition coefficient (Wildman–Crippen LogP) is 2.71. The smallest absolute Gasteiger partial charge is 0.303 e. The van der Waals surface area contributed by atoms with Crippen LogP contribution >= 0.6 is 11.6 Å². The standard InChI is InChI=1S/C13H15ClFNO3/c1-8(2-5-12(17)18)7-16-13(19)9-3-4-10(14)11(15)6-9/h3-4,6,8H,2,5,7H2,1H3,(H,16,19)(H,17,18). The summed E-state index contributed by atoms with van der Waals surface area (Å²) < 4.78 is 13.2. The lowest BCUT2D eigenvalue weighted by Crippen LogP contribution is -2.28. The van der Waals surface area contributed by atoms with E-state index < -0.39 is 17.7 Å². The average molecular weight is 288 g/mol. The first-order valence-corrected chi connectivity index (χ1v) is 6.23. The van der Waals surface area contributed by atoms with E-state index in [1.165, 1.54) is 12.1 Å². The average Bonchev–Trinajstić information content (AvgIpc) is 2.36. The van der Waals surface area contributed by atoms with Crippen molar-refractivity contribution in [1.82, 2.24) is 5.32 Å². The Morgan fingerprint density at radius 2 is 2.16 bits per heavy atom. The number of aliphatic carboxylic acids is 1. The largest absolute Gasteiger partial charge is 0.481 e. The van der Waals surface area contributed by atoms with Crippen LogP contribution in [0.5, 0.6) is 0 Å². The molecule has 0 heterocycles. The van der Waals surface area contributed by atoms with E-state index >= 15 is 0 Å². The first-order valence-electron chi connectivity index (χ1n) is 5.85. The van der Waals surface area contributed by atoms with Crippen LogP contribution in [0.4, 0.5) is 4.39 Å². The molecule has 0 aliphatic rings. The fourth-order valence-corrected chi connectivity index (χ4v) is 1.60. The molecule has 19 heavy (non-hydrogen) atoms. The van der Waals surface area contributed by atoms with E-state index in [1.807, 2.05) is 6.92 Å². The highest BCUT2D eigenvalue weighted by molar-refractivity contribution is 6.30. The van der Waals surface area contributed by atoms with Crippen LogP contribution in [0.25, 0.3) is 0 Å². The van der Waals surface area contributed by atoms with Gasteiger partial charge < -0.3 is 10.4 Å². The van der Waals surface area contributed by atoms with Crippen LogP contribution in [0.1, 0.15) is 30.1 Å². The van der Waals surface area contributed by atoms with Crippen molar-refractivity contribution in [3.63, 3.8) is 0 Å². The van der Waals surface area contributed by atoms with Gasteiger partial charge in [0.25, 0.3) is 5.91 Å². The van der Waals surface area contributed by atoms with Gasteiger partial charge in [-0.05, 0) is 30.5 Å². The van der Waals surface area contributed by atoms with Gasteiger partial charge in [-0.2, -0.15) is 0 Å². The maximum absolute atomic E-state index is 13.2. The topological polar surface area (TPSA) is 66.4 Å². The SMILES string of the molecule is CC(CCC(=O)O)CNC(=O)c1ccc(Cl)c(F)c1. The Kier molecular flexibility index (Phi) is 5.76. The summed E-state index contributed by atoms with van der Waals surface area (Å²) in [5.41, 5.74) is 0.187. The number of carboxylic acids is 1. The van der Waals surface area contributed by atoms with Crippen molar-refractivity contribution in [3.05, 3.63) is 34.6 Å². The molecule has 0 aromatic heterocycles. The summed E-state index contributed by atoms with van der Waals surface area (Å²) in [5, 5.41) is 11.1. The third kappa shape index (κ3) is 5.26. The summed E-state index contributed by atoms with van der Waals surface area (Å²) in [4.78, 5) is 22.1. The molecular formula is C13H15ClFNO3. The number of benzene rings is 1. The minimum Gasteiger partial charge on any atom is -0.481 e. The van der Waals surface area contributed by atoms with E-state index in [1.54, 1.807) is 0 Å². The number of carbonyl (C=O) groups excluding carboxylic acids is 1. The Labute approximate surface area is 115 Å². The monoisotopic (exact) mass is 287 g/mol. The van der Waals surface area contributed by atoms with Crippen molar-refractivity contribution in [3.8, 4) is 0 Å². The molecule has 0 saturated carbocycles. The lowest BCUT2D eigenvalue weighted by molar-refractivity contribution is -0.137. The normalized spacial score (nSPS) is 11.9. The van der Waals surface area contributed by atoms with Crippen molar-refractivity contribution in [1.29, 1.82) is 0 Å². The van der Waals surface area contributed by atoms with Gasteiger partial charge in [-0.1, -0.05) is 18.5 Å². The second-order valence-corrected chi connectivity index (χ2v) is 4.78. The molecule has 4 nitrogen and oxygen atoms in total. The molecule has 1 rings (SSSR count). The molecule has 0 aliphatic heterocycles. The summed E-state index contributed by atoms with van der Waals surface area (Å²) in [6.07, 6.45) is 0.539. The molecule has 1 aromatic rings. The fourth-order valence-electron chi connectivity index (χ4n) is 1.48. The summed E-state index contributed by atoms with van der Waals surface area (Å²) in [6.45, 7) is 2.18. The van der Waals surface area contributed by atoms with Crippen LogP contribution in [0.15, 0.2) is 18.2 Å². The summed E-state index contributed by atoms with van der Waals surface area (Å²) >= 11 is 5.52. The third-order valence-corrected chi connectivity index (χ3v) is 2.95. The zero-order valence-electron chi connectivity index (χ0n) is 10.5. The zero-order chi connectivity index (χ0) is 14.4. The number of nitrogens with one attached hydrogen (secondary N) is 1. The summed E-state index contributed by atoms with van der Waals surface area (Å²) in [7, 11) is 0. The van der Waals surface area contributed by atoms with Crippen molar-refractivity contribution in [2.45, 2.75) is 19.8 Å². The molecule has 0 bridgehead atoms. The Morgan fingerprint density at radius 1 is 1.47 bits per heavy atom. The molecular weight excluding hydrogens is 273 g/mol. The molecule has 104 valence electrons. The number of rotatable bonds is 6. The third-order valence-electron chi connectivity index (χ3n) is 2.64. The number of amides is 1. The number of hydrogen-bond donors (Lipinski definition) is 2. The molecule has 0 spiro atoms. The van der Waals surface area contributed by atoms with Gasteiger partial charge in [0.1, 0.15) is 5.82 Å². The second-order valence-electron chi connectivity index (χ2n) is 4.38. The van der Waals surface area contributed by atoms with Gasteiger partial charge in [0.2, 0.25) is 0 Å². The van der Waals surface area contributed by atoms with E-state index in [0.717, 1.165) is 6.07 Å². The maximum Gasteiger partial charge on any atom is 0.303 e. The lowest BCUT2D eigenvalue weighted by Gasteiger charge is -2.11. The molecule has 1 atom stereocenters. The van der Waals surface area contributed by atoms with Gasteiger partial charge >= 0.3 is 5.97 Å². The Bertz CT molecular complexity index is 479. The van der Waals surface area contributed by atoms with E-state index in [4.69, 9.17) is 16.7 Å². The van der Waals surface area contributed by atoms with E-state index in [2.05, 4.69) is 5.32 Å². The van der Waals surface area contributed by atoms with Gasteiger partial charge in [0.05, 0.1) is 5.02 Å². The highest BCUT2D eigenvalue weighted by Crippen LogP contribution is 2.15. The Balaban J connectivity index is 2.46. The molecule has 1 unspecified atom stereocenters. The van der Waals surface area contributed by atoms with E-state index in [-0.39, 0.29) is 22.9 Å². The zero-order valence-corrected chi connectivity index (χ0v) is 11.2. The molecule has 0 radical (unpaired) electrons.